The van der Waals surface area contributed by atoms with E-state index in [-0.39, 0.29) is 11.5 Å². The summed E-state index contributed by atoms with van der Waals surface area (Å²) in [6, 6.07) is 5.51. The summed E-state index contributed by atoms with van der Waals surface area (Å²) in [5.41, 5.74) is 12.7. The highest BCUT2D eigenvalue weighted by Crippen LogP contribution is 2.24. The molecule has 1 aromatic carbocycles. The molecule has 1 amide bonds. The van der Waals surface area contributed by atoms with Crippen LogP contribution in [0, 0.1) is 5.41 Å². The number of primary amides is 1. The van der Waals surface area contributed by atoms with E-state index in [4.69, 9.17) is 11.5 Å². The van der Waals surface area contributed by atoms with Crippen LogP contribution in [0.3, 0.4) is 0 Å². The Kier molecular flexibility index (Phi) is 3.66. The number of carbonyl (C=O) groups is 1. The van der Waals surface area contributed by atoms with Gasteiger partial charge in [0.25, 0.3) is 5.91 Å². The Hall–Kier alpha value is -1.71. The molecule has 0 radical (unpaired) electrons. The van der Waals surface area contributed by atoms with Crippen molar-refractivity contribution in [2.75, 3.05) is 11.1 Å². The first kappa shape index (κ1) is 13.4. The lowest BCUT2D eigenvalue weighted by molar-refractivity contribution is 0.100. The van der Waals surface area contributed by atoms with E-state index in [1.165, 1.54) is 0 Å². The topological polar surface area (TPSA) is 81.1 Å². The van der Waals surface area contributed by atoms with Crippen molar-refractivity contribution in [3.8, 4) is 0 Å². The Morgan fingerprint density at radius 2 is 1.94 bits per heavy atom. The Morgan fingerprint density at radius 1 is 1.35 bits per heavy atom. The minimum atomic E-state index is -0.505. The summed E-state index contributed by atoms with van der Waals surface area (Å²) in [5.74, 6) is -0.505. The molecule has 1 unspecified atom stereocenters. The molecule has 1 rings (SSSR count). The van der Waals surface area contributed by atoms with Gasteiger partial charge in [0.2, 0.25) is 0 Å². The normalized spacial score (nSPS) is 13.2. The number of benzene rings is 1. The van der Waals surface area contributed by atoms with Gasteiger partial charge in [-0.25, -0.2) is 0 Å². The molecule has 94 valence electrons. The van der Waals surface area contributed by atoms with Crippen molar-refractivity contribution in [3.05, 3.63) is 23.8 Å². The maximum atomic E-state index is 11.2. The summed E-state index contributed by atoms with van der Waals surface area (Å²) in [5, 5.41) is 3.34. The molecule has 0 spiro atoms. The molecule has 17 heavy (non-hydrogen) atoms. The predicted octanol–water partition coefficient (Wildman–Crippen LogP) is 2.21. The van der Waals surface area contributed by atoms with E-state index in [2.05, 4.69) is 33.0 Å². The molecular formula is C13H21N3O. The van der Waals surface area contributed by atoms with Gasteiger partial charge in [0, 0.05) is 17.4 Å². The van der Waals surface area contributed by atoms with Crippen molar-refractivity contribution in [1.29, 1.82) is 0 Å². The fraction of sp³-hybridized carbons (Fsp3) is 0.462. The SMILES string of the molecule is CC(Nc1ccc(N)c(C(N)=O)c1)C(C)(C)C. The molecule has 0 heterocycles. The smallest absolute Gasteiger partial charge is 0.250 e. The van der Waals surface area contributed by atoms with Gasteiger partial charge in [-0.1, -0.05) is 20.8 Å². The highest BCUT2D eigenvalue weighted by atomic mass is 16.1. The zero-order chi connectivity index (χ0) is 13.2. The molecule has 0 saturated carbocycles. The maximum Gasteiger partial charge on any atom is 0.250 e. The summed E-state index contributed by atoms with van der Waals surface area (Å²) < 4.78 is 0. The number of nitrogens with two attached hydrogens (primary N) is 2. The highest BCUT2D eigenvalue weighted by molar-refractivity contribution is 5.98. The van der Waals surface area contributed by atoms with E-state index < -0.39 is 5.91 Å². The summed E-state index contributed by atoms with van der Waals surface area (Å²) in [6.07, 6.45) is 0. The first-order chi connectivity index (χ1) is 7.71. The molecule has 0 aliphatic carbocycles. The van der Waals surface area contributed by atoms with Crippen molar-refractivity contribution in [1.82, 2.24) is 0 Å². The molecule has 0 saturated heterocycles. The van der Waals surface area contributed by atoms with Gasteiger partial charge in [-0.15, -0.1) is 0 Å². The maximum absolute atomic E-state index is 11.2. The first-order valence-corrected chi connectivity index (χ1v) is 5.67. The van der Waals surface area contributed by atoms with Crippen LogP contribution in [-0.2, 0) is 0 Å². The number of hydrogen-bond acceptors (Lipinski definition) is 3. The van der Waals surface area contributed by atoms with Gasteiger partial charge in [-0.3, -0.25) is 4.79 Å². The Labute approximate surface area is 102 Å². The molecule has 4 heteroatoms. The molecule has 0 bridgehead atoms. The molecule has 0 aliphatic rings. The zero-order valence-electron chi connectivity index (χ0n) is 10.9. The predicted molar refractivity (Wildman–Crippen MR) is 71.9 cm³/mol. The summed E-state index contributed by atoms with van der Waals surface area (Å²) >= 11 is 0. The highest BCUT2D eigenvalue weighted by Gasteiger charge is 2.20. The van der Waals surface area contributed by atoms with Gasteiger partial charge >= 0.3 is 0 Å². The first-order valence-electron chi connectivity index (χ1n) is 5.67. The van der Waals surface area contributed by atoms with Crippen LogP contribution >= 0.6 is 0 Å². The van der Waals surface area contributed by atoms with Crippen LogP contribution in [0.2, 0.25) is 0 Å². The van der Waals surface area contributed by atoms with Gasteiger partial charge in [-0.2, -0.15) is 0 Å². The van der Waals surface area contributed by atoms with Crippen molar-refractivity contribution in [3.63, 3.8) is 0 Å². The Bertz CT molecular complexity index is 421. The van der Waals surface area contributed by atoms with Gasteiger partial charge in [0.05, 0.1) is 5.56 Å². The largest absolute Gasteiger partial charge is 0.398 e. The van der Waals surface area contributed by atoms with Crippen LogP contribution in [0.4, 0.5) is 11.4 Å². The van der Waals surface area contributed by atoms with E-state index in [1.807, 2.05) is 6.07 Å². The second-order valence-electron chi connectivity index (χ2n) is 5.40. The van der Waals surface area contributed by atoms with E-state index in [1.54, 1.807) is 12.1 Å². The third-order valence-electron chi connectivity index (χ3n) is 3.00. The number of anilines is 2. The molecule has 0 aliphatic heterocycles. The average molecular weight is 235 g/mol. The van der Waals surface area contributed by atoms with Crippen LogP contribution in [0.1, 0.15) is 38.1 Å². The summed E-state index contributed by atoms with van der Waals surface area (Å²) in [6.45, 7) is 8.55. The molecule has 1 aromatic rings. The number of carbonyl (C=O) groups excluding carboxylic acids is 1. The molecule has 0 fully saturated rings. The van der Waals surface area contributed by atoms with Crippen LogP contribution in [0.25, 0.3) is 0 Å². The number of nitrogens with one attached hydrogen (secondary N) is 1. The summed E-state index contributed by atoms with van der Waals surface area (Å²) in [7, 11) is 0. The van der Waals surface area contributed by atoms with Crippen LogP contribution in [-0.4, -0.2) is 11.9 Å². The second-order valence-corrected chi connectivity index (χ2v) is 5.40. The molecule has 0 aromatic heterocycles. The van der Waals surface area contributed by atoms with E-state index in [0.717, 1.165) is 5.69 Å². The third kappa shape index (κ3) is 3.37. The zero-order valence-corrected chi connectivity index (χ0v) is 10.9. The van der Waals surface area contributed by atoms with E-state index >= 15 is 0 Å². The van der Waals surface area contributed by atoms with Crippen molar-refractivity contribution in [2.24, 2.45) is 11.1 Å². The van der Waals surface area contributed by atoms with Crippen LogP contribution in [0.15, 0.2) is 18.2 Å². The number of nitrogen functional groups attached to an aromatic ring is 1. The quantitative estimate of drug-likeness (QED) is 0.703. The average Bonchev–Trinajstić information content (AvgIpc) is 2.19. The standard InChI is InChI=1S/C13H21N3O/c1-8(13(2,3)4)16-9-5-6-11(14)10(7-9)12(15)17/h5-8,16H,14H2,1-4H3,(H2,15,17). The van der Waals surface area contributed by atoms with Gasteiger partial charge in [0.15, 0.2) is 0 Å². The molecular weight excluding hydrogens is 214 g/mol. The second kappa shape index (κ2) is 4.65. The van der Waals surface area contributed by atoms with Gasteiger partial charge < -0.3 is 16.8 Å². The monoisotopic (exact) mass is 235 g/mol. The lowest BCUT2D eigenvalue weighted by Gasteiger charge is -2.29. The Morgan fingerprint density at radius 3 is 2.41 bits per heavy atom. The van der Waals surface area contributed by atoms with Crippen LogP contribution < -0.4 is 16.8 Å². The van der Waals surface area contributed by atoms with Crippen molar-refractivity contribution >= 4 is 17.3 Å². The van der Waals surface area contributed by atoms with Gasteiger partial charge in [-0.05, 0) is 30.5 Å². The van der Waals surface area contributed by atoms with E-state index in [0.29, 0.717) is 11.3 Å². The minimum absolute atomic E-state index is 0.133. The Balaban J connectivity index is 2.94. The van der Waals surface area contributed by atoms with Crippen molar-refractivity contribution in [2.45, 2.75) is 33.7 Å². The number of amides is 1. The van der Waals surface area contributed by atoms with E-state index in [9.17, 15) is 4.79 Å². The number of rotatable bonds is 3. The number of hydrogen-bond donors (Lipinski definition) is 3. The molecule has 4 nitrogen and oxygen atoms in total. The lowest BCUT2D eigenvalue weighted by atomic mass is 9.88. The summed E-state index contributed by atoms with van der Waals surface area (Å²) in [4.78, 5) is 11.2. The van der Waals surface area contributed by atoms with Crippen molar-refractivity contribution < 1.29 is 4.79 Å². The minimum Gasteiger partial charge on any atom is -0.398 e. The fourth-order valence-electron chi connectivity index (χ4n) is 1.33. The lowest BCUT2D eigenvalue weighted by Crippen LogP contribution is -2.30. The van der Waals surface area contributed by atoms with Crippen LogP contribution in [0.5, 0.6) is 0 Å². The third-order valence-corrected chi connectivity index (χ3v) is 3.00. The molecule has 5 N–H and O–H groups in total. The fourth-order valence-corrected chi connectivity index (χ4v) is 1.33. The molecule has 1 atom stereocenters. The van der Waals surface area contributed by atoms with Gasteiger partial charge in [0.1, 0.15) is 0 Å².